The molecule has 0 aliphatic heterocycles. The van der Waals surface area contributed by atoms with Crippen LogP contribution in [0.15, 0.2) is 64.5 Å². The third-order valence-electron chi connectivity index (χ3n) is 4.60. The molecule has 1 amide bonds. The van der Waals surface area contributed by atoms with Crippen molar-refractivity contribution in [1.82, 2.24) is 9.88 Å². The Balaban J connectivity index is 1.62. The summed E-state index contributed by atoms with van der Waals surface area (Å²) in [6, 6.07) is 18.5. The van der Waals surface area contributed by atoms with Gasteiger partial charge in [-0.05, 0) is 58.2 Å². The van der Waals surface area contributed by atoms with E-state index >= 15 is 0 Å². The van der Waals surface area contributed by atoms with Gasteiger partial charge in [0.25, 0.3) is 5.91 Å². The van der Waals surface area contributed by atoms with Gasteiger partial charge in [0.2, 0.25) is 0 Å². The van der Waals surface area contributed by atoms with E-state index in [-0.39, 0.29) is 18.3 Å². The number of hydrogen-bond acceptors (Lipinski definition) is 2. The number of nitrogens with one attached hydrogen (secondary N) is 1. The highest BCUT2D eigenvalue weighted by molar-refractivity contribution is 9.11. The van der Waals surface area contributed by atoms with Crippen LogP contribution in [-0.4, -0.2) is 10.5 Å². The average molecular weight is 457 g/mol. The molecule has 0 radical (unpaired) electrons. The van der Waals surface area contributed by atoms with Crippen LogP contribution in [0.25, 0.3) is 10.2 Å². The average Bonchev–Trinajstić information content (AvgIpc) is 3.19. The summed E-state index contributed by atoms with van der Waals surface area (Å²) < 4.78 is 17.5. The fourth-order valence-corrected chi connectivity index (χ4v) is 4.73. The molecule has 0 aliphatic carbocycles. The van der Waals surface area contributed by atoms with Crippen LogP contribution >= 0.6 is 27.3 Å². The molecule has 0 unspecified atom stereocenters. The van der Waals surface area contributed by atoms with Crippen LogP contribution in [0, 0.1) is 12.7 Å². The normalized spacial score (nSPS) is 11.1. The zero-order chi connectivity index (χ0) is 19.7. The lowest BCUT2D eigenvalue weighted by Gasteiger charge is -2.11. The highest BCUT2D eigenvalue weighted by atomic mass is 79.9. The topological polar surface area (TPSA) is 34.0 Å². The van der Waals surface area contributed by atoms with E-state index in [1.807, 2.05) is 16.7 Å². The van der Waals surface area contributed by atoms with Crippen molar-refractivity contribution in [2.45, 2.75) is 20.0 Å². The van der Waals surface area contributed by atoms with E-state index in [0.717, 1.165) is 25.1 Å². The molecule has 2 aromatic heterocycles. The maximum atomic E-state index is 13.4. The van der Waals surface area contributed by atoms with E-state index in [1.165, 1.54) is 17.7 Å². The standard InChI is InChI=1S/C22H18BrFN2OS/c1-14-5-7-15(8-6-14)13-26-18-11-21(23)28-20(18)10-19(26)22(27)25-12-16-3-2-4-17(24)9-16/h2-11H,12-13H2,1H3,(H,25,27). The Hall–Kier alpha value is -2.44. The molecule has 0 fully saturated rings. The molecule has 4 rings (SSSR count). The number of amides is 1. The lowest BCUT2D eigenvalue weighted by atomic mass is 10.1. The predicted molar refractivity (Wildman–Crippen MR) is 115 cm³/mol. The van der Waals surface area contributed by atoms with Crippen molar-refractivity contribution in [2.24, 2.45) is 0 Å². The summed E-state index contributed by atoms with van der Waals surface area (Å²) in [5.74, 6) is -0.476. The van der Waals surface area contributed by atoms with Gasteiger partial charge in [0, 0.05) is 13.1 Å². The van der Waals surface area contributed by atoms with Crippen LogP contribution in [0.1, 0.15) is 27.2 Å². The lowest BCUT2D eigenvalue weighted by Crippen LogP contribution is -2.25. The first-order valence-electron chi connectivity index (χ1n) is 8.86. The van der Waals surface area contributed by atoms with Gasteiger partial charge in [-0.1, -0.05) is 42.0 Å². The number of hydrogen-bond donors (Lipinski definition) is 1. The Labute approximate surface area is 174 Å². The van der Waals surface area contributed by atoms with Gasteiger partial charge in [-0.2, -0.15) is 0 Å². The van der Waals surface area contributed by atoms with Crippen LogP contribution in [-0.2, 0) is 13.1 Å². The number of nitrogens with zero attached hydrogens (tertiary/aromatic N) is 1. The van der Waals surface area contributed by atoms with Crippen LogP contribution in [0.4, 0.5) is 4.39 Å². The monoisotopic (exact) mass is 456 g/mol. The van der Waals surface area contributed by atoms with Crippen LogP contribution in [0.3, 0.4) is 0 Å². The van der Waals surface area contributed by atoms with Crippen molar-refractivity contribution in [2.75, 3.05) is 0 Å². The van der Waals surface area contributed by atoms with Gasteiger partial charge in [0.1, 0.15) is 11.5 Å². The highest BCUT2D eigenvalue weighted by Gasteiger charge is 2.18. The Bertz CT molecular complexity index is 1150. The highest BCUT2D eigenvalue weighted by Crippen LogP contribution is 2.33. The molecule has 142 valence electrons. The SMILES string of the molecule is Cc1ccc(Cn2c(C(=O)NCc3cccc(F)c3)cc3sc(Br)cc32)cc1. The minimum absolute atomic E-state index is 0.170. The molecule has 6 heteroatoms. The molecule has 0 atom stereocenters. The van der Waals surface area contributed by atoms with Crippen molar-refractivity contribution < 1.29 is 9.18 Å². The molecule has 2 aromatic carbocycles. The van der Waals surface area contributed by atoms with Crippen molar-refractivity contribution in [3.63, 3.8) is 0 Å². The Kier molecular flexibility index (Phi) is 5.33. The quantitative estimate of drug-likeness (QED) is 0.398. The molecule has 2 heterocycles. The van der Waals surface area contributed by atoms with Gasteiger partial charge in [-0.25, -0.2) is 4.39 Å². The Morgan fingerprint density at radius 2 is 1.89 bits per heavy atom. The molecule has 3 nitrogen and oxygen atoms in total. The molecular formula is C22H18BrFN2OS. The lowest BCUT2D eigenvalue weighted by molar-refractivity contribution is 0.0942. The van der Waals surface area contributed by atoms with Gasteiger partial charge in [-0.3, -0.25) is 4.79 Å². The molecule has 4 aromatic rings. The Morgan fingerprint density at radius 3 is 2.64 bits per heavy atom. The van der Waals surface area contributed by atoms with Crippen LogP contribution in [0.5, 0.6) is 0 Å². The molecule has 0 bridgehead atoms. The number of benzene rings is 2. The summed E-state index contributed by atoms with van der Waals surface area (Å²) in [5.41, 5.74) is 4.69. The Morgan fingerprint density at radius 1 is 1.11 bits per heavy atom. The van der Waals surface area contributed by atoms with Crippen molar-refractivity contribution in [3.8, 4) is 0 Å². The first kappa shape index (κ1) is 18.9. The summed E-state index contributed by atoms with van der Waals surface area (Å²) in [4.78, 5) is 12.9. The molecular weight excluding hydrogens is 439 g/mol. The van der Waals surface area contributed by atoms with E-state index in [9.17, 15) is 9.18 Å². The second-order valence-corrected chi connectivity index (χ2v) is 9.18. The van der Waals surface area contributed by atoms with E-state index in [1.54, 1.807) is 23.5 Å². The van der Waals surface area contributed by atoms with E-state index in [2.05, 4.69) is 52.4 Å². The first-order chi connectivity index (χ1) is 13.5. The number of aryl methyl sites for hydroxylation is 1. The van der Waals surface area contributed by atoms with Gasteiger partial charge >= 0.3 is 0 Å². The summed E-state index contributed by atoms with van der Waals surface area (Å²) >= 11 is 5.13. The molecule has 0 saturated heterocycles. The number of thiophene rings is 1. The summed E-state index contributed by atoms with van der Waals surface area (Å²) in [6.07, 6.45) is 0. The fourth-order valence-electron chi connectivity index (χ4n) is 3.17. The molecule has 0 saturated carbocycles. The first-order valence-corrected chi connectivity index (χ1v) is 10.5. The van der Waals surface area contributed by atoms with Crippen LogP contribution in [0.2, 0.25) is 0 Å². The maximum absolute atomic E-state index is 13.4. The van der Waals surface area contributed by atoms with Gasteiger partial charge in [0.05, 0.1) is 14.0 Å². The smallest absolute Gasteiger partial charge is 0.268 e. The van der Waals surface area contributed by atoms with E-state index in [4.69, 9.17) is 0 Å². The van der Waals surface area contributed by atoms with Crippen LogP contribution < -0.4 is 5.32 Å². The minimum Gasteiger partial charge on any atom is -0.347 e. The van der Waals surface area contributed by atoms with E-state index in [0.29, 0.717) is 12.2 Å². The van der Waals surface area contributed by atoms with Crippen molar-refractivity contribution in [3.05, 3.63) is 92.7 Å². The molecule has 28 heavy (non-hydrogen) atoms. The number of fused-ring (bicyclic) bond motifs is 1. The van der Waals surface area contributed by atoms with Gasteiger partial charge in [-0.15, -0.1) is 11.3 Å². The summed E-state index contributed by atoms with van der Waals surface area (Å²) in [5, 5.41) is 2.91. The minimum atomic E-state index is -0.306. The number of aromatic nitrogens is 1. The maximum Gasteiger partial charge on any atom is 0.268 e. The molecule has 0 spiro atoms. The van der Waals surface area contributed by atoms with Crippen molar-refractivity contribution >= 4 is 43.4 Å². The van der Waals surface area contributed by atoms with Gasteiger partial charge in [0.15, 0.2) is 0 Å². The summed E-state index contributed by atoms with van der Waals surface area (Å²) in [6.45, 7) is 2.94. The van der Waals surface area contributed by atoms with Gasteiger partial charge < -0.3 is 9.88 Å². The largest absolute Gasteiger partial charge is 0.347 e. The van der Waals surface area contributed by atoms with E-state index < -0.39 is 0 Å². The molecule has 1 N–H and O–H groups in total. The zero-order valence-corrected chi connectivity index (χ0v) is 17.6. The van der Waals surface area contributed by atoms with Crippen molar-refractivity contribution in [1.29, 1.82) is 0 Å². The fraction of sp³-hybridized carbons (Fsp3) is 0.136. The third-order valence-corrected chi connectivity index (χ3v) is 6.17. The second kappa shape index (κ2) is 7.89. The summed E-state index contributed by atoms with van der Waals surface area (Å²) in [7, 11) is 0. The third kappa shape index (κ3) is 4.03. The zero-order valence-electron chi connectivity index (χ0n) is 15.2. The number of halogens is 2. The number of carbonyl (C=O) groups is 1. The second-order valence-electron chi connectivity index (χ2n) is 6.71. The molecule has 0 aliphatic rings. The predicted octanol–water partition coefficient (Wildman–Crippen LogP) is 5.89. The number of carbonyl (C=O) groups excluding carboxylic acids is 1. The number of rotatable bonds is 5.